The molecule has 74 valence electrons. The Morgan fingerprint density at radius 3 is 2.60 bits per heavy atom. The highest BCUT2D eigenvalue weighted by atomic mass is 16.2. The van der Waals surface area contributed by atoms with E-state index >= 15 is 0 Å². The Balaban J connectivity index is 0.000000337. The third-order valence-corrected chi connectivity index (χ3v) is 1.81. The van der Waals surface area contributed by atoms with Crippen molar-refractivity contribution in [3.05, 3.63) is 23.3 Å². The summed E-state index contributed by atoms with van der Waals surface area (Å²) >= 11 is 0. The van der Waals surface area contributed by atoms with Crippen LogP contribution in [0.4, 0.5) is 0 Å². The average molecular weight is 202 g/mol. The number of H-pyrrole nitrogens is 1. The SMILES string of the molecule is Cc1ccc2n[nH]nc2c1C#N.O=C=O. The molecule has 0 radical (unpaired) electrons. The van der Waals surface area contributed by atoms with Crippen LogP contribution in [0.5, 0.6) is 0 Å². The van der Waals surface area contributed by atoms with Gasteiger partial charge in [-0.25, -0.2) is 0 Å². The zero-order valence-electron chi connectivity index (χ0n) is 7.81. The molecule has 0 spiro atoms. The minimum atomic E-state index is 0.250. The molecule has 0 unspecified atom stereocenters. The molecule has 6 nitrogen and oxygen atoms in total. The van der Waals surface area contributed by atoms with Gasteiger partial charge >= 0.3 is 6.15 Å². The quantitative estimate of drug-likeness (QED) is 0.672. The van der Waals surface area contributed by atoms with Crippen LogP contribution in [-0.2, 0) is 9.59 Å². The Kier molecular flexibility index (Phi) is 3.28. The second-order valence-electron chi connectivity index (χ2n) is 2.64. The molecule has 0 fully saturated rings. The zero-order chi connectivity index (χ0) is 11.3. The molecule has 1 aromatic carbocycles. The van der Waals surface area contributed by atoms with Crippen molar-refractivity contribution in [2.24, 2.45) is 0 Å². The van der Waals surface area contributed by atoms with E-state index in [1.54, 1.807) is 0 Å². The topological polar surface area (TPSA) is 99.5 Å². The summed E-state index contributed by atoms with van der Waals surface area (Å²) in [6.45, 7) is 1.88. The van der Waals surface area contributed by atoms with Gasteiger partial charge in [0.15, 0.2) is 0 Å². The minimum Gasteiger partial charge on any atom is -0.197 e. The molecule has 2 rings (SSSR count). The number of hydrogen-bond acceptors (Lipinski definition) is 5. The number of fused-ring (bicyclic) bond motifs is 1. The number of carbonyl (C=O) groups excluding carboxylic acids is 2. The first kappa shape index (κ1) is 10.6. The standard InChI is InChI=1S/C8H6N4.CO2/c1-5-2-3-7-8(6(5)4-9)11-12-10-7;2-1-3/h2-3H,1H3,(H,10,11,12);. The van der Waals surface area contributed by atoms with Crippen LogP contribution in [0.3, 0.4) is 0 Å². The first-order chi connectivity index (χ1) is 7.24. The highest BCUT2D eigenvalue weighted by molar-refractivity contribution is 5.81. The average Bonchev–Trinajstić information content (AvgIpc) is 2.67. The van der Waals surface area contributed by atoms with Crippen molar-refractivity contribution in [3.8, 4) is 6.07 Å². The summed E-state index contributed by atoms with van der Waals surface area (Å²) in [7, 11) is 0. The zero-order valence-corrected chi connectivity index (χ0v) is 7.81. The van der Waals surface area contributed by atoms with Crippen LogP contribution in [0.25, 0.3) is 11.0 Å². The molecular formula is C9H6N4O2. The van der Waals surface area contributed by atoms with Gasteiger partial charge in [0, 0.05) is 0 Å². The summed E-state index contributed by atoms with van der Waals surface area (Å²) in [5.74, 6) is 0. The van der Waals surface area contributed by atoms with E-state index in [-0.39, 0.29) is 6.15 Å². The molecule has 2 aromatic rings. The van der Waals surface area contributed by atoms with Gasteiger partial charge < -0.3 is 0 Å². The summed E-state index contributed by atoms with van der Waals surface area (Å²) in [5, 5.41) is 19.1. The first-order valence-electron chi connectivity index (χ1n) is 3.94. The van der Waals surface area contributed by atoms with Gasteiger partial charge in [0.1, 0.15) is 17.1 Å². The second-order valence-corrected chi connectivity index (χ2v) is 2.64. The number of benzene rings is 1. The third kappa shape index (κ3) is 2.05. The molecule has 1 aromatic heterocycles. The van der Waals surface area contributed by atoms with Crippen molar-refractivity contribution in [1.29, 1.82) is 5.26 Å². The molecule has 0 bridgehead atoms. The van der Waals surface area contributed by atoms with Crippen molar-refractivity contribution in [2.75, 3.05) is 0 Å². The fourth-order valence-electron chi connectivity index (χ4n) is 1.15. The van der Waals surface area contributed by atoms with Gasteiger partial charge in [-0.15, -0.1) is 0 Å². The molecule has 0 saturated heterocycles. The molecular weight excluding hydrogens is 196 g/mol. The maximum absolute atomic E-state index is 8.80. The number of hydrogen-bond donors (Lipinski definition) is 1. The molecule has 0 aliphatic carbocycles. The normalized spacial score (nSPS) is 8.53. The molecule has 0 saturated carbocycles. The summed E-state index contributed by atoms with van der Waals surface area (Å²) in [6, 6.07) is 5.81. The molecule has 1 heterocycles. The predicted octanol–water partition coefficient (Wildman–Crippen LogP) is 0.554. The van der Waals surface area contributed by atoms with Crippen LogP contribution in [0, 0.1) is 18.3 Å². The van der Waals surface area contributed by atoms with Crippen LogP contribution in [0.15, 0.2) is 12.1 Å². The first-order valence-corrected chi connectivity index (χ1v) is 3.94. The van der Waals surface area contributed by atoms with E-state index in [1.165, 1.54) is 0 Å². The fourth-order valence-corrected chi connectivity index (χ4v) is 1.15. The maximum atomic E-state index is 8.80. The van der Waals surface area contributed by atoms with E-state index in [1.807, 2.05) is 19.1 Å². The number of aromatic nitrogens is 3. The van der Waals surface area contributed by atoms with Crippen LogP contribution in [-0.4, -0.2) is 21.6 Å². The van der Waals surface area contributed by atoms with Crippen LogP contribution >= 0.6 is 0 Å². The van der Waals surface area contributed by atoms with Gasteiger partial charge in [-0.3, -0.25) is 0 Å². The number of nitriles is 1. The lowest BCUT2D eigenvalue weighted by Gasteiger charge is -1.94. The monoisotopic (exact) mass is 202 g/mol. The number of nitrogens with zero attached hydrogens (tertiary/aromatic N) is 3. The van der Waals surface area contributed by atoms with Crippen molar-refractivity contribution in [1.82, 2.24) is 15.4 Å². The number of aryl methyl sites for hydroxylation is 1. The lowest BCUT2D eigenvalue weighted by Crippen LogP contribution is -1.83. The summed E-state index contributed by atoms with van der Waals surface area (Å²) in [4.78, 5) is 16.2. The van der Waals surface area contributed by atoms with Crippen LogP contribution < -0.4 is 0 Å². The molecule has 0 amide bonds. The maximum Gasteiger partial charge on any atom is 0.373 e. The highest BCUT2D eigenvalue weighted by Gasteiger charge is 2.06. The number of rotatable bonds is 0. The lowest BCUT2D eigenvalue weighted by atomic mass is 10.1. The summed E-state index contributed by atoms with van der Waals surface area (Å²) < 4.78 is 0. The van der Waals surface area contributed by atoms with Gasteiger partial charge in [-0.05, 0) is 18.6 Å². The van der Waals surface area contributed by atoms with Crippen LogP contribution in [0.1, 0.15) is 11.1 Å². The molecule has 0 atom stereocenters. The van der Waals surface area contributed by atoms with Gasteiger partial charge in [0.05, 0.1) is 5.56 Å². The van der Waals surface area contributed by atoms with Gasteiger partial charge in [-0.1, -0.05) is 6.07 Å². The Labute approximate surface area is 84.5 Å². The predicted molar refractivity (Wildman–Crippen MR) is 48.3 cm³/mol. The Morgan fingerprint density at radius 2 is 2.00 bits per heavy atom. The molecule has 0 aliphatic heterocycles. The minimum absolute atomic E-state index is 0.250. The third-order valence-electron chi connectivity index (χ3n) is 1.81. The Bertz CT molecular complexity index is 547. The van der Waals surface area contributed by atoms with Crippen molar-refractivity contribution in [3.63, 3.8) is 0 Å². The van der Waals surface area contributed by atoms with E-state index in [9.17, 15) is 0 Å². The second kappa shape index (κ2) is 4.65. The fraction of sp³-hybridized carbons (Fsp3) is 0.111. The molecule has 6 heteroatoms. The molecule has 15 heavy (non-hydrogen) atoms. The highest BCUT2D eigenvalue weighted by Crippen LogP contribution is 2.16. The van der Waals surface area contributed by atoms with Gasteiger partial charge in [0.25, 0.3) is 0 Å². The summed E-state index contributed by atoms with van der Waals surface area (Å²) in [5.41, 5.74) is 2.91. The van der Waals surface area contributed by atoms with E-state index in [2.05, 4.69) is 21.5 Å². The number of nitrogens with one attached hydrogen (secondary N) is 1. The Hall–Kier alpha value is -2.51. The van der Waals surface area contributed by atoms with Crippen molar-refractivity contribution in [2.45, 2.75) is 6.92 Å². The van der Waals surface area contributed by atoms with Crippen LogP contribution in [0.2, 0.25) is 0 Å². The summed E-state index contributed by atoms with van der Waals surface area (Å²) in [6.07, 6.45) is 0.250. The van der Waals surface area contributed by atoms with E-state index < -0.39 is 0 Å². The number of aromatic amines is 1. The van der Waals surface area contributed by atoms with E-state index in [4.69, 9.17) is 14.9 Å². The lowest BCUT2D eigenvalue weighted by molar-refractivity contribution is -0.191. The molecule has 0 aliphatic rings. The smallest absolute Gasteiger partial charge is 0.197 e. The Morgan fingerprint density at radius 1 is 1.33 bits per heavy atom. The van der Waals surface area contributed by atoms with Crippen molar-refractivity contribution < 1.29 is 9.59 Å². The van der Waals surface area contributed by atoms with E-state index in [0.29, 0.717) is 11.1 Å². The largest absolute Gasteiger partial charge is 0.373 e. The van der Waals surface area contributed by atoms with Gasteiger partial charge in [-0.2, -0.15) is 30.3 Å². The van der Waals surface area contributed by atoms with E-state index in [0.717, 1.165) is 11.1 Å². The van der Waals surface area contributed by atoms with Crippen molar-refractivity contribution >= 4 is 17.2 Å². The van der Waals surface area contributed by atoms with Gasteiger partial charge in [0.2, 0.25) is 0 Å². The molecule has 1 N–H and O–H groups in total.